The van der Waals surface area contributed by atoms with E-state index in [0.717, 1.165) is 55.4 Å². The number of nitrogens with one attached hydrogen (secondary N) is 1. The maximum atomic E-state index is 12.6. The van der Waals surface area contributed by atoms with Crippen molar-refractivity contribution in [3.05, 3.63) is 48.5 Å². The van der Waals surface area contributed by atoms with Gasteiger partial charge >= 0.3 is 0 Å². The second kappa shape index (κ2) is 11.2. The molecular weight excluding hydrogens is 438 g/mol. The van der Waals surface area contributed by atoms with Crippen LogP contribution in [0.2, 0.25) is 0 Å². The molecule has 0 atom stereocenters. The van der Waals surface area contributed by atoms with Crippen molar-refractivity contribution in [1.82, 2.24) is 15.1 Å². The number of benzene rings is 2. The van der Waals surface area contributed by atoms with E-state index in [1.54, 1.807) is 0 Å². The smallest absolute Gasteiger partial charge is 0.277 e. The minimum atomic E-state index is -0.111. The number of para-hydroxylation sites is 2. The molecular formula is C24H29N5O3S. The Morgan fingerprint density at radius 3 is 2.55 bits per heavy atom. The van der Waals surface area contributed by atoms with Gasteiger partial charge in [-0.2, -0.15) is 0 Å². The summed E-state index contributed by atoms with van der Waals surface area (Å²) in [5, 5.41) is 11.6. The van der Waals surface area contributed by atoms with Gasteiger partial charge in [0.25, 0.3) is 5.22 Å². The fraction of sp³-hybridized carbons (Fsp3) is 0.375. The first-order valence-electron chi connectivity index (χ1n) is 11.2. The van der Waals surface area contributed by atoms with E-state index in [2.05, 4.69) is 38.3 Å². The first-order chi connectivity index (χ1) is 16.2. The van der Waals surface area contributed by atoms with E-state index in [1.165, 1.54) is 11.8 Å². The fourth-order valence-corrected chi connectivity index (χ4v) is 4.28. The molecule has 1 fully saturated rings. The lowest BCUT2D eigenvalue weighted by atomic mass is 10.2. The van der Waals surface area contributed by atoms with Crippen molar-refractivity contribution in [3.8, 4) is 17.2 Å². The quantitative estimate of drug-likeness (QED) is 0.473. The number of nitrogens with zero attached hydrogens (tertiary/aromatic N) is 4. The number of thioether (sulfide) groups is 1. The predicted molar refractivity (Wildman–Crippen MR) is 131 cm³/mol. The Labute approximate surface area is 198 Å². The highest BCUT2D eigenvalue weighted by molar-refractivity contribution is 7.99. The van der Waals surface area contributed by atoms with Crippen LogP contribution in [-0.4, -0.2) is 66.1 Å². The molecule has 1 aliphatic heterocycles. The highest BCUT2D eigenvalue weighted by Crippen LogP contribution is 2.28. The molecule has 0 bridgehead atoms. The topological polar surface area (TPSA) is 83.7 Å². The fourth-order valence-electron chi connectivity index (χ4n) is 3.72. The van der Waals surface area contributed by atoms with Gasteiger partial charge in [0.2, 0.25) is 11.8 Å². The van der Waals surface area contributed by atoms with Gasteiger partial charge in [-0.25, -0.2) is 0 Å². The lowest BCUT2D eigenvalue weighted by Gasteiger charge is -2.36. The number of rotatable bonds is 9. The normalized spacial score (nSPS) is 14.3. The Morgan fingerprint density at radius 1 is 1.06 bits per heavy atom. The molecule has 0 spiro atoms. The molecule has 1 saturated heterocycles. The third-order valence-electron chi connectivity index (χ3n) is 5.48. The Hall–Kier alpha value is -3.04. The lowest BCUT2D eigenvalue weighted by molar-refractivity contribution is -0.113. The van der Waals surface area contributed by atoms with Crippen molar-refractivity contribution in [2.24, 2.45) is 0 Å². The summed E-state index contributed by atoms with van der Waals surface area (Å²) in [6, 6.07) is 15.4. The summed E-state index contributed by atoms with van der Waals surface area (Å²) in [6.07, 6.45) is 0. The molecule has 9 heteroatoms. The molecule has 8 nitrogen and oxygen atoms in total. The number of carbonyl (C=O) groups excluding carboxylic acids is 1. The molecule has 0 aliphatic carbocycles. The number of amides is 1. The van der Waals surface area contributed by atoms with Crippen molar-refractivity contribution in [2.75, 3.05) is 55.3 Å². The maximum Gasteiger partial charge on any atom is 0.277 e. The molecule has 0 unspecified atom stereocenters. The van der Waals surface area contributed by atoms with Crippen LogP contribution in [0.1, 0.15) is 13.8 Å². The van der Waals surface area contributed by atoms with Gasteiger partial charge in [0.05, 0.1) is 23.7 Å². The minimum absolute atomic E-state index is 0.111. The summed E-state index contributed by atoms with van der Waals surface area (Å²) in [4.78, 5) is 17.4. The predicted octanol–water partition coefficient (Wildman–Crippen LogP) is 4.01. The number of anilines is 2. The number of ether oxygens (including phenoxy) is 1. The van der Waals surface area contributed by atoms with Gasteiger partial charge in [0.1, 0.15) is 5.75 Å². The summed E-state index contributed by atoms with van der Waals surface area (Å²) in [7, 11) is 0. The molecule has 4 rings (SSSR count). The Kier molecular flexibility index (Phi) is 7.85. The second-order valence-corrected chi connectivity index (χ2v) is 8.53. The molecule has 33 heavy (non-hydrogen) atoms. The highest BCUT2D eigenvalue weighted by atomic mass is 32.2. The van der Waals surface area contributed by atoms with Gasteiger partial charge < -0.3 is 24.3 Å². The van der Waals surface area contributed by atoms with Crippen LogP contribution in [0.3, 0.4) is 0 Å². The van der Waals surface area contributed by atoms with E-state index in [9.17, 15) is 4.79 Å². The number of hydrogen-bond donors (Lipinski definition) is 1. The first kappa shape index (κ1) is 23.1. The van der Waals surface area contributed by atoms with Crippen LogP contribution >= 0.6 is 11.8 Å². The third-order valence-corrected chi connectivity index (χ3v) is 6.30. The van der Waals surface area contributed by atoms with Crippen molar-refractivity contribution in [2.45, 2.75) is 19.1 Å². The van der Waals surface area contributed by atoms with Gasteiger partial charge in [0.15, 0.2) is 0 Å². The molecule has 2 heterocycles. The van der Waals surface area contributed by atoms with Gasteiger partial charge in [-0.3, -0.25) is 4.79 Å². The van der Waals surface area contributed by atoms with E-state index in [4.69, 9.17) is 9.15 Å². The average Bonchev–Trinajstić information content (AvgIpc) is 3.33. The molecule has 0 radical (unpaired) electrons. The van der Waals surface area contributed by atoms with Crippen molar-refractivity contribution in [3.63, 3.8) is 0 Å². The summed E-state index contributed by atoms with van der Waals surface area (Å²) in [5.41, 5.74) is 2.69. The molecule has 2 aromatic carbocycles. The standard InChI is InChI=1S/C24H29N5O3S/c1-3-28-13-15-29(16-14-28)21-8-6-5-7-20(21)25-22(30)17-33-24-27-26-23(32-24)18-9-11-19(12-10-18)31-4-2/h5-12H,3-4,13-17H2,1-2H3,(H,25,30). The minimum Gasteiger partial charge on any atom is -0.494 e. The molecule has 1 aromatic heterocycles. The van der Waals surface area contributed by atoms with Crippen LogP contribution in [0.4, 0.5) is 11.4 Å². The van der Waals surface area contributed by atoms with E-state index < -0.39 is 0 Å². The number of aromatic nitrogens is 2. The van der Waals surface area contributed by atoms with Crippen LogP contribution in [0.15, 0.2) is 58.2 Å². The summed E-state index contributed by atoms with van der Waals surface area (Å²) in [6.45, 7) is 9.77. The zero-order valence-corrected chi connectivity index (χ0v) is 19.8. The monoisotopic (exact) mass is 467 g/mol. The summed E-state index contributed by atoms with van der Waals surface area (Å²) in [5.74, 6) is 1.28. The number of carbonyl (C=O) groups is 1. The van der Waals surface area contributed by atoms with Gasteiger partial charge in [0, 0.05) is 31.7 Å². The van der Waals surface area contributed by atoms with Crippen molar-refractivity contribution >= 4 is 29.0 Å². The molecule has 0 saturated carbocycles. The molecule has 3 aromatic rings. The van der Waals surface area contributed by atoms with E-state index in [1.807, 2.05) is 49.4 Å². The second-order valence-electron chi connectivity index (χ2n) is 7.61. The molecule has 1 amide bonds. The van der Waals surface area contributed by atoms with Gasteiger partial charge in [-0.15, -0.1) is 10.2 Å². The average molecular weight is 468 g/mol. The van der Waals surface area contributed by atoms with Crippen LogP contribution in [-0.2, 0) is 4.79 Å². The SMILES string of the molecule is CCOc1ccc(-c2nnc(SCC(=O)Nc3ccccc3N3CCN(CC)CC3)o2)cc1. The largest absolute Gasteiger partial charge is 0.494 e. The zero-order chi connectivity index (χ0) is 23.0. The maximum absolute atomic E-state index is 12.6. The zero-order valence-electron chi connectivity index (χ0n) is 19.0. The van der Waals surface area contributed by atoms with Crippen molar-refractivity contribution < 1.29 is 13.9 Å². The molecule has 174 valence electrons. The van der Waals surface area contributed by atoms with Crippen LogP contribution in [0.5, 0.6) is 5.75 Å². The number of hydrogen-bond acceptors (Lipinski definition) is 8. The van der Waals surface area contributed by atoms with E-state index in [0.29, 0.717) is 17.7 Å². The Bertz CT molecular complexity index is 1050. The molecule has 1 aliphatic rings. The van der Waals surface area contributed by atoms with Crippen molar-refractivity contribution in [1.29, 1.82) is 0 Å². The number of likely N-dealkylation sites (N-methyl/N-ethyl adjacent to an activating group) is 1. The lowest BCUT2D eigenvalue weighted by Crippen LogP contribution is -2.46. The first-order valence-corrected chi connectivity index (χ1v) is 12.2. The Morgan fingerprint density at radius 2 is 1.82 bits per heavy atom. The van der Waals surface area contributed by atoms with Gasteiger partial charge in [-0.05, 0) is 49.9 Å². The van der Waals surface area contributed by atoms with Crippen LogP contribution in [0.25, 0.3) is 11.5 Å². The van der Waals surface area contributed by atoms with Crippen LogP contribution in [0, 0.1) is 0 Å². The van der Waals surface area contributed by atoms with Crippen LogP contribution < -0.4 is 15.0 Å². The van der Waals surface area contributed by atoms with Gasteiger partial charge in [-0.1, -0.05) is 30.8 Å². The van der Waals surface area contributed by atoms with E-state index in [-0.39, 0.29) is 11.7 Å². The summed E-state index contributed by atoms with van der Waals surface area (Å²) >= 11 is 1.22. The highest BCUT2D eigenvalue weighted by Gasteiger charge is 2.19. The summed E-state index contributed by atoms with van der Waals surface area (Å²) < 4.78 is 11.2. The number of piperazine rings is 1. The van der Waals surface area contributed by atoms with E-state index >= 15 is 0 Å². The molecule has 1 N–H and O–H groups in total. The Balaban J connectivity index is 1.32. The third kappa shape index (κ3) is 6.06.